The average molecular weight is 192 g/mol. The summed E-state index contributed by atoms with van der Waals surface area (Å²) in [4.78, 5) is 0. The molecule has 1 unspecified atom stereocenters. The molecule has 1 aromatic carbocycles. The van der Waals surface area contributed by atoms with Crippen molar-refractivity contribution in [3.63, 3.8) is 0 Å². The molecule has 76 valence electrons. The Morgan fingerprint density at radius 2 is 2.07 bits per heavy atom. The third-order valence-electron chi connectivity index (χ3n) is 3.42. The fourth-order valence-corrected chi connectivity index (χ4v) is 2.59. The zero-order chi connectivity index (χ0) is 10.3. The number of rotatable bonds is 1. The lowest BCUT2D eigenvalue weighted by Crippen LogP contribution is -2.04. The van der Waals surface area contributed by atoms with Crippen molar-refractivity contribution in [2.75, 3.05) is 0 Å². The SMILES string of the molecule is Cc1ccc(F)c2c1CCC2C(C)C. The van der Waals surface area contributed by atoms with Crippen LogP contribution in [-0.2, 0) is 6.42 Å². The summed E-state index contributed by atoms with van der Waals surface area (Å²) in [6.07, 6.45) is 2.18. The second-order valence-corrected chi connectivity index (χ2v) is 4.65. The average Bonchev–Trinajstić information content (AvgIpc) is 2.56. The third-order valence-corrected chi connectivity index (χ3v) is 3.42. The summed E-state index contributed by atoms with van der Waals surface area (Å²) in [6, 6.07) is 3.52. The Morgan fingerprint density at radius 1 is 1.36 bits per heavy atom. The maximum atomic E-state index is 13.7. The molecule has 1 aromatic rings. The van der Waals surface area contributed by atoms with Crippen LogP contribution in [0.15, 0.2) is 12.1 Å². The lowest BCUT2D eigenvalue weighted by atomic mass is 9.89. The van der Waals surface area contributed by atoms with Crippen LogP contribution in [-0.4, -0.2) is 0 Å². The number of aryl methyl sites for hydroxylation is 1. The van der Waals surface area contributed by atoms with Gasteiger partial charge in [0.2, 0.25) is 0 Å². The molecular formula is C13H17F. The van der Waals surface area contributed by atoms with Crippen LogP contribution < -0.4 is 0 Å². The van der Waals surface area contributed by atoms with Gasteiger partial charge in [0.1, 0.15) is 5.82 Å². The molecule has 0 radical (unpaired) electrons. The minimum atomic E-state index is 0.00167. The summed E-state index contributed by atoms with van der Waals surface area (Å²) in [5, 5.41) is 0. The molecule has 1 atom stereocenters. The first-order valence-corrected chi connectivity index (χ1v) is 5.39. The van der Waals surface area contributed by atoms with Gasteiger partial charge in [-0.3, -0.25) is 0 Å². The molecule has 0 aliphatic heterocycles. The Balaban J connectivity index is 2.53. The molecule has 0 aromatic heterocycles. The van der Waals surface area contributed by atoms with Crippen LogP contribution in [0.1, 0.15) is 42.9 Å². The van der Waals surface area contributed by atoms with Gasteiger partial charge in [-0.2, -0.15) is 0 Å². The van der Waals surface area contributed by atoms with Crippen LogP contribution in [0.4, 0.5) is 4.39 Å². The van der Waals surface area contributed by atoms with Crippen LogP contribution in [0.5, 0.6) is 0 Å². The molecule has 1 aliphatic carbocycles. The molecule has 2 rings (SSSR count). The lowest BCUT2D eigenvalue weighted by Gasteiger charge is -2.16. The van der Waals surface area contributed by atoms with Gasteiger partial charge < -0.3 is 0 Å². The fraction of sp³-hybridized carbons (Fsp3) is 0.538. The summed E-state index contributed by atoms with van der Waals surface area (Å²) in [5.41, 5.74) is 3.52. The molecule has 0 saturated heterocycles. The standard InChI is InChI=1S/C13H17F/c1-8(2)10-5-6-11-9(3)4-7-12(14)13(10)11/h4,7-8,10H,5-6H2,1-3H3. The molecule has 0 N–H and O–H groups in total. The summed E-state index contributed by atoms with van der Waals surface area (Å²) in [7, 11) is 0. The van der Waals surface area contributed by atoms with Crippen molar-refractivity contribution in [2.45, 2.75) is 39.5 Å². The fourth-order valence-electron chi connectivity index (χ4n) is 2.59. The van der Waals surface area contributed by atoms with Crippen molar-refractivity contribution in [2.24, 2.45) is 5.92 Å². The topological polar surface area (TPSA) is 0 Å². The maximum Gasteiger partial charge on any atom is 0.126 e. The highest BCUT2D eigenvalue weighted by Gasteiger charge is 2.28. The van der Waals surface area contributed by atoms with Gasteiger partial charge in [0.05, 0.1) is 0 Å². The maximum absolute atomic E-state index is 13.7. The Kier molecular flexibility index (Phi) is 2.34. The highest BCUT2D eigenvalue weighted by molar-refractivity contribution is 5.41. The molecule has 0 spiro atoms. The number of halogens is 1. The first-order valence-electron chi connectivity index (χ1n) is 5.39. The van der Waals surface area contributed by atoms with Crippen molar-refractivity contribution in [3.8, 4) is 0 Å². The minimum absolute atomic E-state index is 0.00167. The molecular weight excluding hydrogens is 175 g/mol. The van der Waals surface area contributed by atoms with Crippen molar-refractivity contribution in [3.05, 3.63) is 34.6 Å². The van der Waals surface area contributed by atoms with Gasteiger partial charge in [0.15, 0.2) is 0 Å². The third kappa shape index (κ3) is 1.35. The Hall–Kier alpha value is -0.850. The normalized spacial score (nSPS) is 20.2. The number of hydrogen-bond donors (Lipinski definition) is 0. The van der Waals surface area contributed by atoms with Gasteiger partial charge in [0.25, 0.3) is 0 Å². The van der Waals surface area contributed by atoms with Gasteiger partial charge in [-0.1, -0.05) is 19.9 Å². The largest absolute Gasteiger partial charge is 0.207 e. The van der Waals surface area contributed by atoms with Crippen molar-refractivity contribution in [1.29, 1.82) is 0 Å². The van der Waals surface area contributed by atoms with E-state index < -0.39 is 0 Å². The molecule has 1 heteroatoms. The first-order chi connectivity index (χ1) is 6.61. The van der Waals surface area contributed by atoms with Crippen molar-refractivity contribution in [1.82, 2.24) is 0 Å². The van der Waals surface area contributed by atoms with Crippen molar-refractivity contribution >= 4 is 0 Å². The van der Waals surface area contributed by atoms with Gasteiger partial charge in [-0.15, -0.1) is 0 Å². The monoisotopic (exact) mass is 192 g/mol. The van der Waals surface area contributed by atoms with E-state index in [9.17, 15) is 4.39 Å². The van der Waals surface area contributed by atoms with Gasteiger partial charge in [-0.25, -0.2) is 4.39 Å². The smallest absolute Gasteiger partial charge is 0.126 e. The molecule has 0 heterocycles. The Labute approximate surface area is 85.1 Å². The van der Waals surface area contributed by atoms with Gasteiger partial charge in [-0.05, 0) is 54.4 Å². The lowest BCUT2D eigenvalue weighted by molar-refractivity contribution is 0.475. The summed E-state index contributed by atoms with van der Waals surface area (Å²) in [5.74, 6) is 0.985. The second-order valence-electron chi connectivity index (χ2n) is 4.65. The molecule has 0 nitrogen and oxygen atoms in total. The van der Waals surface area contributed by atoms with E-state index in [4.69, 9.17) is 0 Å². The quantitative estimate of drug-likeness (QED) is 0.634. The van der Waals surface area contributed by atoms with Gasteiger partial charge in [0, 0.05) is 0 Å². The number of fused-ring (bicyclic) bond motifs is 1. The number of benzene rings is 1. The molecule has 0 fully saturated rings. The zero-order valence-corrected chi connectivity index (χ0v) is 9.10. The summed E-state index contributed by atoms with van der Waals surface area (Å²) in [6.45, 7) is 6.45. The Morgan fingerprint density at radius 3 is 2.71 bits per heavy atom. The van der Waals surface area contributed by atoms with E-state index in [0.717, 1.165) is 18.4 Å². The predicted octanol–water partition coefficient (Wildman–Crippen LogP) is 3.82. The van der Waals surface area contributed by atoms with Crippen LogP contribution in [0.25, 0.3) is 0 Å². The molecule has 1 aliphatic rings. The predicted molar refractivity (Wildman–Crippen MR) is 57.0 cm³/mol. The van der Waals surface area contributed by atoms with Crippen LogP contribution >= 0.6 is 0 Å². The van der Waals surface area contributed by atoms with Crippen LogP contribution in [0, 0.1) is 18.7 Å². The first kappa shape index (κ1) is 9.70. The molecule has 0 bridgehead atoms. The minimum Gasteiger partial charge on any atom is -0.207 e. The molecule has 0 saturated carbocycles. The van der Waals surface area contributed by atoms with E-state index in [2.05, 4.69) is 20.8 Å². The van der Waals surface area contributed by atoms with E-state index in [1.807, 2.05) is 6.07 Å². The van der Waals surface area contributed by atoms with E-state index in [1.54, 1.807) is 6.07 Å². The summed E-state index contributed by atoms with van der Waals surface area (Å²) < 4.78 is 13.7. The van der Waals surface area contributed by atoms with Gasteiger partial charge >= 0.3 is 0 Å². The highest BCUT2D eigenvalue weighted by Crippen LogP contribution is 2.40. The van der Waals surface area contributed by atoms with Crippen LogP contribution in [0.2, 0.25) is 0 Å². The highest BCUT2D eigenvalue weighted by atomic mass is 19.1. The van der Waals surface area contributed by atoms with E-state index >= 15 is 0 Å². The molecule has 14 heavy (non-hydrogen) atoms. The second kappa shape index (κ2) is 3.38. The van der Waals surface area contributed by atoms with E-state index in [1.165, 1.54) is 11.1 Å². The van der Waals surface area contributed by atoms with E-state index in [0.29, 0.717) is 11.8 Å². The van der Waals surface area contributed by atoms with E-state index in [-0.39, 0.29) is 5.82 Å². The van der Waals surface area contributed by atoms with Crippen LogP contribution in [0.3, 0.4) is 0 Å². The summed E-state index contributed by atoms with van der Waals surface area (Å²) >= 11 is 0. The van der Waals surface area contributed by atoms with Crippen molar-refractivity contribution < 1.29 is 4.39 Å². The Bertz CT molecular complexity index is 352. The zero-order valence-electron chi connectivity index (χ0n) is 9.10. The molecule has 0 amide bonds. The number of hydrogen-bond acceptors (Lipinski definition) is 0.